The smallest absolute Gasteiger partial charge is 0.295 e. The summed E-state index contributed by atoms with van der Waals surface area (Å²) < 4.78 is 5.33. The van der Waals surface area contributed by atoms with Crippen molar-refractivity contribution < 1.29 is 19.4 Å². The maximum Gasteiger partial charge on any atom is 0.295 e. The highest BCUT2D eigenvalue weighted by molar-refractivity contribution is 6.47. The largest absolute Gasteiger partial charge is 0.507 e. The number of aliphatic hydroxyl groups is 1. The Morgan fingerprint density at radius 1 is 1.09 bits per heavy atom. The molecule has 168 valence electrons. The Labute approximate surface area is 205 Å². The molecule has 1 unspecified atom stereocenters. The van der Waals surface area contributed by atoms with Crippen molar-refractivity contribution in [1.29, 1.82) is 0 Å². The summed E-state index contributed by atoms with van der Waals surface area (Å²) in [7, 11) is 1.43. The normalized spacial score (nSPS) is 17.5. The lowest BCUT2D eigenvalue weighted by Crippen LogP contribution is -2.29. The van der Waals surface area contributed by atoms with Crippen LogP contribution in [0, 0.1) is 0 Å². The summed E-state index contributed by atoms with van der Waals surface area (Å²) in [5, 5.41) is 12.2. The number of carbonyl (C=O) groups is 2. The SMILES string of the molecule is COc1ccc(Cl)cc1/C(O)=C1\C(=O)C(=O)N(Cc2cccnc2)C1c1ccc(Cl)c(Cl)c1. The third-order valence-corrected chi connectivity index (χ3v) is 6.27. The molecule has 1 aliphatic heterocycles. The van der Waals surface area contributed by atoms with E-state index >= 15 is 0 Å². The lowest BCUT2D eigenvalue weighted by molar-refractivity contribution is -0.140. The van der Waals surface area contributed by atoms with Crippen LogP contribution in [0.3, 0.4) is 0 Å². The zero-order valence-electron chi connectivity index (χ0n) is 17.3. The van der Waals surface area contributed by atoms with Crippen LogP contribution in [0.4, 0.5) is 0 Å². The molecule has 2 aromatic carbocycles. The number of amides is 1. The van der Waals surface area contributed by atoms with Crippen molar-refractivity contribution in [3.8, 4) is 5.75 Å². The molecule has 0 spiro atoms. The Morgan fingerprint density at radius 3 is 2.55 bits per heavy atom. The van der Waals surface area contributed by atoms with Crippen molar-refractivity contribution in [2.45, 2.75) is 12.6 Å². The molecule has 33 heavy (non-hydrogen) atoms. The van der Waals surface area contributed by atoms with Crippen LogP contribution < -0.4 is 4.74 Å². The van der Waals surface area contributed by atoms with Gasteiger partial charge in [-0.05, 0) is 47.5 Å². The summed E-state index contributed by atoms with van der Waals surface area (Å²) >= 11 is 18.4. The van der Waals surface area contributed by atoms with Gasteiger partial charge in [0.1, 0.15) is 11.5 Å². The lowest BCUT2D eigenvalue weighted by atomic mass is 9.95. The van der Waals surface area contributed by atoms with E-state index in [9.17, 15) is 14.7 Å². The van der Waals surface area contributed by atoms with Gasteiger partial charge in [0.05, 0.1) is 34.3 Å². The number of hydrogen-bond acceptors (Lipinski definition) is 5. The molecule has 0 bridgehead atoms. The quantitative estimate of drug-likeness (QED) is 0.276. The zero-order chi connectivity index (χ0) is 23.7. The summed E-state index contributed by atoms with van der Waals surface area (Å²) in [5.74, 6) is -1.72. The van der Waals surface area contributed by atoms with E-state index in [0.717, 1.165) is 0 Å². The van der Waals surface area contributed by atoms with E-state index in [-0.39, 0.29) is 22.7 Å². The van der Waals surface area contributed by atoms with E-state index in [1.54, 1.807) is 54.9 Å². The van der Waals surface area contributed by atoms with E-state index in [1.165, 1.54) is 18.1 Å². The first-order chi connectivity index (χ1) is 15.8. The van der Waals surface area contributed by atoms with Crippen molar-refractivity contribution in [3.05, 3.63) is 98.3 Å². The van der Waals surface area contributed by atoms with Gasteiger partial charge in [0.2, 0.25) is 0 Å². The van der Waals surface area contributed by atoms with E-state index in [1.807, 2.05) is 0 Å². The molecule has 1 fully saturated rings. The van der Waals surface area contributed by atoms with Gasteiger partial charge in [-0.2, -0.15) is 0 Å². The molecule has 1 atom stereocenters. The number of methoxy groups -OCH3 is 1. The van der Waals surface area contributed by atoms with Gasteiger partial charge in [-0.1, -0.05) is 46.9 Å². The predicted octanol–water partition coefficient (Wildman–Crippen LogP) is 5.67. The van der Waals surface area contributed by atoms with Crippen LogP contribution in [0.5, 0.6) is 5.75 Å². The minimum absolute atomic E-state index is 0.0901. The first-order valence-electron chi connectivity index (χ1n) is 9.78. The van der Waals surface area contributed by atoms with Crippen LogP contribution in [0.25, 0.3) is 5.76 Å². The molecule has 1 saturated heterocycles. The number of Topliss-reactive ketones (excluding diaryl/α,β-unsaturated/α-hetero) is 1. The number of ether oxygens (including phenoxy) is 1. The zero-order valence-corrected chi connectivity index (χ0v) is 19.5. The first-order valence-corrected chi connectivity index (χ1v) is 10.9. The van der Waals surface area contributed by atoms with Crippen LogP contribution in [0.1, 0.15) is 22.7 Å². The second-order valence-electron chi connectivity index (χ2n) is 7.31. The number of likely N-dealkylation sites (tertiary alicyclic amines) is 1. The molecule has 4 rings (SSSR count). The van der Waals surface area contributed by atoms with Crippen LogP contribution >= 0.6 is 34.8 Å². The second kappa shape index (κ2) is 9.43. The third-order valence-electron chi connectivity index (χ3n) is 5.29. The fraction of sp³-hybridized carbons (Fsp3) is 0.125. The van der Waals surface area contributed by atoms with Gasteiger partial charge in [-0.15, -0.1) is 0 Å². The number of aliphatic hydroxyl groups excluding tert-OH is 1. The average molecular weight is 504 g/mol. The molecule has 0 aliphatic carbocycles. The van der Waals surface area contributed by atoms with Crippen LogP contribution in [-0.4, -0.2) is 33.8 Å². The Kier molecular flexibility index (Phi) is 6.61. The minimum atomic E-state index is -0.927. The number of pyridine rings is 1. The maximum atomic E-state index is 13.2. The van der Waals surface area contributed by atoms with Crippen LogP contribution in [-0.2, 0) is 16.1 Å². The Bertz CT molecular complexity index is 1280. The van der Waals surface area contributed by atoms with Gasteiger partial charge in [0, 0.05) is 24.0 Å². The van der Waals surface area contributed by atoms with E-state index in [0.29, 0.717) is 26.9 Å². The number of halogens is 3. The summed E-state index contributed by atoms with van der Waals surface area (Å²) in [5.41, 5.74) is 1.30. The number of ketones is 1. The van der Waals surface area contributed by atoms with Gasteiger partial charge in [-0.25, -0.2) is 0 Å². The maximum absolute atomic E-state index is 13.2. The van der Waals surface area contributed by atoms with Crippen LogP contribution in [0.15, 0.2) is 66.5 Å². The molecule has 0 saturated carbocycles. The molecule has 1 aliphatic rings. The highest BCUT2D eigenvalue weighted by atomic mass is 35.5. The van der Waals surface area contributed by atoms with Crippen LogP contribution in [0.2, 0.25) is 15.1 Å². The molecule has 1 N–H and O–H groups in total. The van der Waals surface area contributed by atoms with Gasteiger partial charge >= 0.3 is 0 Å². The van der Waals surface area contributed by atoms with Crippen molar-refractivity contribution in [2.24, 2.45) is 0 Å². The molecule has 0 radical (unpaired) electrons. The molecule has 1 amide bonds. The highest BCUT2D eigenvalue weighted by Crippen LogP contribution is 2.43. The van der Waals surface area contributed by atoms with Crippen molar-refractivity contribution in [1.82, 2.24) is 9.88 Å². The fourth-order valence-corrected chi connectivity index (χ4v) is 4.25. The number of nitrogens with zero attached hydrogens (tertiary/aromatic N) is 2. The summed E-state index contributed by atoms with van der Waals surface area (Å²) in [4.78, 5) is 31.7. The third kappa shape index (κ3) is 4.42. The monoisotopic (exact) mass is 502 g/mol. The Balaban J connectivity index is 1.93. The average Bonchev–Trinajstić information content (AvgIpc) is 3.06. The standard InChI is InChI=1S/C24H17Cl3N2O4/c1-33-19-7-5-15(25)10-16(19)22(30)20-21(14-4-6-17(26)18(27)9-14)29(24(32)23(20)31)12-13-3-2-8-28-11-13/h2-11,21,30H,12H2,1H3/b22-20+. The fourth-order valence-electron chi connectivity index (χ4n) is 3.77. The minimum Gasteiger partial charge on any atom is -0.507 e. The Hall–Kier alpha value is -3.06. The van der Waals surface area contributed by atoms with E-state index < -0.39 is 23.5 Å². The molecule has 9 heteroatoms. The van der Waals surface area contributed by atoms with Crippen molar-refractivity contribution >= 4 is 52.3 Å². The molecular weight excluding hydrogens is 487 g/mol. The van der Waals surface area contributed by atoms with E-state index in [2.05, 4.69) is 4.98 Å². The predicted molar refractivity (Wildman–Crippen MR) is 127 cm³/mol. The first kappa shape index (κ1) is 23.1. The number of rotatable bonds is 5. The molecule has 2 heterocycles. The summed E-state index contributed by atoms with van der Waals surface area (Å²) in [6.45, 7) is 0.0901. The Morgan fingerprint density at radius 2 is 1.88 bits per heavy atom. The van der Waals surface area contributed by atoms with E-state index in [4.69, 9.17) is 39.5 Å². The summed E-state index contributed by atoms with van der Waals surface area (Å²) in [6, 6.07) is 12.0. The van der Waals surface area contributed by atoms with Crippen molar-refractivity contribution in [2.75, 3.05) is 7.11 Å². The number of carbonyl (C=O) groups excluding carboxylic acids is 2. The lowest BCUT2D eigenvalue weighted by Gasteiger charge is -2.25. The van der Waals surface area contributed by atoms with Gasteiger partial charge < -0.3 is 14.7 Å². The van der Waals surface area contributed by atoms with Gasteiger partial charge in [0.15, 0.2) is 0 Å². The molecule has 1 aromatic heterocycles. The topological polar surface area (TPSA) is 79.7 Å². The number of aromatic nitrogens is 1. The highest BCUT2D eigenvalue weighted by Gasteiger charge is 2.46. The summed E-state index contributed by atoms with van der Waals surface area (Å²) in [6.07, 6.45) is 3.21. The second-order valence-corrected chi connectivity index (χ2v) is 8.56. The van der Waals surface area contributed by atoms with Gasteiger partial charge in [0.25, 0.3) is 11.7 Å². The number of hydrogen-bond donors (Lipinski definition) is 1. The number of benzene rings is 2. The molecular formula is C24H17Cl3N2O4. The van der Waals surface area contributed by atoms with Crippen molar-refractivity contribution in [3.63, 3.8) is 0 Å². The molecule has 3 aromatic rings. The van der Waals surface area contributed by atoms with Gasteiger partial charge in [-0.3, -0.25) is 14.6 Å². The molecule has 6 nitrogen and oxygen atoms in total.